The van der Waals surface area contributed by atoms with Crippen molar-refractivity contribution in [3.8, 4) is 0 Å². The molecule has 0 aliphatic heterocycles. The predicted octanol–water partition coefficient (Wildman–Crippen LogP) is 4.06. The minimum atomic E-state index is -0.167. The van der Waals surface area contributed by atoms with Crippen molar-refractivity contribution in [2.75, 3.05) is 11.1 Å². The molecule has 1 amide bonds. The van der Waals surface area contributed by atoms with Gasteiger partial charge in [0, 0.05) is 29.8 Å². The smallest absolute Gasteiger partial charge is 0.224 e. The zero-order chi connectivity index (χ0) is 17.8. The number of ketones is 1. The second-order valence-electron chi connectivity index (χ2n) is 6.74. The summed E-state index contributed by atoms with van der Waals surface area (Å²) in [7, 11) is 0. The summed E-state index contributed by atoms with van der Waals surface area (Å²) >= 11 is 0. The van der Waals surface area contributed by atoms with E-state index in [4.69, 9.17) is 5.73 Å². The average Bonchev–Trinajstić information content (AvgIpc) is 2.62. The summed E-state index contributed by atoms with van der Waals surface area (Å²) in [4.78, 5) is 24.5. The van der Waals surface area contributed by atoms with Crippen LogP contribution in [0, 0.1) is 6.92 Å². The summed E-state index contributed by atoms with van der Waals surface area (Å²) in [6.07, 6.45) is 4.95. The predicted molar refractivity (Wildman–Crippen MR) is 101 cm³/mol. The molecule has 130 valence electrons. The molecule has 0 atom stereocenters. The maximum atomic E-state index is 12.4. The van der Waals surface area contributed by atoms with Crippen LogP contribution in [0.3, 0.4) is 0 Å². The Bertz CT molecular complexity index is 812. The zero-order valence-corrected chi connectivity index (χ0v) is 14.6. The molecular formula is C21H24N2O2. The van der Waals surface area contributed by atoms with Crippen molar-refractivity contribution in [1.82, 2.24) is 0 Å². The van der Waals surface area contributed by atoms with Crippen LogP contribution >= 0.6 is 0 Å². The second kappa shape index (κ2) is 7.51. The lowest BCUT2D eigenvalue weighted by molar-refractivity contribution is -0.116. The Morgan fingerprint density at radius 3 is 2.56 bits per heavy atom. The minimum Gasteiger partial charge on any atom is -0.399 e. The fraction of sp³-hybridized carbons (Fsp3) is 0.333. The van der Waals surface area contributed by atoms with E-state index in [0.29, 0.717) is 16.9 Å². The van der Waals surface area contributed by atoms with Crippen LogP contribution in [0.15, 0.2) is 36.4 Å². The number of hydrogen-bond acceptors (Lipinski definition) is 3. The SMILES string of the molecule is Cc1ccc(N)cc1NC(=O)CCC(=O)c1ccc2c(c1)CCCC2. The molecule has 0 spiro atoms. The molecule has 0 saturated heterocycles. The van der Waals surface area contributed by atoms with Crippen LogP contribution in [0.1, 0.15) is 52.7 Å². The molecule has 2 aromatic rings. The number of carbonyl (C=O) groups is 2. The van der Waals surface area contributed by atoms with Gasteiger partial charge in [0.2, 0.25) is 5.91 Å². The van der Waals surface area contributed by atoms with Crippen LogP contribution in [-0.4, -0.2) is 11.7 Å². The third kappa shape index (κ3) is 4.27. The highest BCUT2D eigenvalue weighted by atomic mass is 16.2. The highest BCUT2D eigenvalue weighted by molar-refractivity contribution is 6.00. The molecule has 25 heavy (non-hydrogen) atoms. The van der Waals surface area contributed by atoms with Crippen molar-refractivity contribution in [1.29, 1.82) is 0 Å². The summed E-state index contributed by atoms with van der Waals surface area (Å²) in [6.45, 7) is 1.91. The number of anilines is 2. The van der Waals surface area contributed by atoms with Crippen LogP contribution in [0.2, 0.25) is 0 Å². The first-order valence-electron chi connectivity index (χ1n) is 8.84. The molecule has 3 rings (SSSR count). The Balaban J connectivity index is 1.58. The number of benzene rings is 2. The number of rotatable bonds is 5. The van der Waals surface area contributed by atoms with Gasteiger partial charge in [0.25, 0.3) is 0 Å². The largest absolute Gasteiger partial charge is 0.399 e. The molecule has 0 fully saturated rings. The van der Waals surface area contributed by atoms with Crippen molar-refractivity contribution in [2.45, 2.75) is 45.4 Å². The van der Waals surface area contributed by atoms with Gasteiger partial charge in [-0.1, -0.05) is 18.2 Å². The maximum absolute atomic E-state index is 12.4. The van der Waals surface area contributed by atoms with E-state index >= 15 is 0 Å². The summed E-state index contributed by atoms with van der Waals surface area (Å²) in [5, 5.41) is 2.84. The van der Waals surface area contributed by atoms with Gasteiger partial charge in [-0.15, -0.1) is 0 Å². The lowest BCUT2D eigenvalue weighted by Crippen LogP contribution is -2.14. The molecule has 2 aromatic carbocycles. The fourth-order valence-electron chi connectivity index (χ4n) is 3.27. The van der Waals surface area contributed by atoms with Crippen LogP contribution < -0.4 is 11.1 Å². The van der Waals surface area contributed by atoms with Gasteiger partial charge in [0.05, 0.1) is 0 Å². The van der Waals surface area contributed by atoms with Crippen molar-refractivity contribution in [3.63, 3.8) is 0 Å². The number of nitrogens with two attached hydrogens (primary N) is 1. The number of fused-ring (bicyclic) bond motifs is 1. The van der Waals surface area contributed by atoms with Crippen molar-refractivity contribution >= 4 is 23.1 Å². The normalized spacial score (nSPS) is 13.2. The average molecular weight is 336 g/mol. The van der Waals surface area contributed by atoms with E-state index in [1.54, 1.807) is 12.1 Å². The Morgan fingerprint density at radius 1 is 1.00 bits per heavy atom. The van der Waals surface area contributed by atoms with Gasteiger partial charge in [0.15, 0.2) is 5.78 Å². The van der Waals surface area contributed by atoms with E-state index in [-0.39, 0.29) is 24.5 Å². The molecular weight excluding hydrogens is 312 g/mol. The molecule has 0 aromatic heterocycles. The molecule has 1 aliphatic carbocycles. The van der Waals surface area contributed by atoms with E-state index in [1.807, 2.05) is 25.1 Å². The van der Waals surface area contributed by atoms with Crippen LogP contribution in [0.25, 0.3) is 0 Å². The van der Waals surface area contributed by atoms with E-state index in [2.05, 4.69) is 11.4 Å². The molecule has 4 heteroatoms. The molecule has 3 N–H and O–H groups in total. The molecule has 1 aliphatic rings. The van der Waals surface area contributed by atoms with Gasteiger partial charge in [-0.05, 0) is 67.5 Å². The number of nitrogens with one attached hydrogen (secondary N) is 1. The van der Waals surface area contributed by atoms with Crippen LogP contribution in [0.5, 0.6) is 0 Å². The summed E-state index contributed by atoms with van der Waals surface area (Å²) in [5.41, 5.74) is 11.4. The van der Waals surface area contributed by atoms with Gasteiger partial charge >= 0.3 is 0 Å². The first-order valence-corrected chi connectivity index (χ1v) is 8.84. The summed E-state index contributed by atoms with van der Waals surface area (Å²) in [6, 6.07) is 11.4. The Kier molecular flexibility index (Phi) is 5.17. The molecule has 0 heterocycles. The highest BCUT2D eigenvalue weighted by Gasteiger charge is 2.14. The lowest BCUT2D eigenvalue weighted by atomic mass is 9.89. The summed E-state index contributed by atoms with van der Waals surface area (Å²) < 4.78 is 0. The Hall–Kier alpha value is -2.62. The number of amides is 1. The number of Topliss-reactive ketones (excluding diaryl/α,β-unsaturated/α-hetero) is 1. The summed E-state index contributed by atoms with van der Waals surface area (Å²) in [5.74, 6) is -0.146. The Morgan fingerprint density at radius 2 is 1.76 bits per heavy atom. The monoisotopic (exact) mass is 336 g/mol. The molecule has 0 radical (unpaired) electrons. The first kappa shape index (κ1) is 17.2. The Labute approximate surface area is 148 Å². The van der Waals surface area contributed by atoms with Gasteiger partial charge in [-0.2, -0.15) is 0 Å². The fourth-order valence-corrected chi connectivity index (χ4v) is 3.27. The molecule has 0 unspecified atom stereocenters. The van der Waals surface area contributed by atoms with E-state index < -0.39 is 0 Å². The number of carbonyl (C=O) groups excluding carboxylic acids is 2. The minimum absolute atomic E-state index is 0.0211. The first-order chi connectivity index (χ1) is 12.0. The van der Waals surface area contributed by atoms with Crippen LogP contribution in [0.4, 0.5) is 11.4 Å². The topological polar surface area (TPSA) is 72.2 Å². The van der Waals surface area contributed by atoms with Crippen LogP contribution in [-0.2, 0) is 17.6 Å². The van der Waals surface area contributed by atoms with Crippen molar-refractivity contribution in [3.05, 3.63) is 58.7 Å². The standard InChI is InChI=1S/C21H24N2O2/c1-14-6-9-18(22)13-19(14)23-21(25)11-10-20(24)17-8-7-15-4-2-3-5-16(15)12-17/h6-9,12-13H,2-5,10-11,22H2,1H3,(H,23,25). The van der Waals surface area contributed by atoms with Gasteiger partial charge in [0.1, 0.15) is 0 Å². The zero-order valence-electron chi connectivity index (χ0n) is 14.6. The van der Waals surface area contributed by atoms with Gasteiger partial charge in [-0.25, -0.2) is 0 Å². The van der Waals surface area contributed by atoms with E-state index in [9.17, 15) is 9.59 Å². The highest BCUT2D eigenvalue weighted by Crippen LogP contribution is 2.23. The third-order valence-corrected chi connectivity index (χ3v) is 4.79. The quantitative estimate of drug-likeness (QED) is 0.639. The number of hydrogen-bond donors (Lipinski definition) is 2. The molecule has 4 nitrogen and oxygen atoms in total. The number of aryl methyl sites for hydroxylation is 3. The van der Waals surface area contributed by atoms with Gasteiger partial charge < -0.3 is 11.1 Å². The van der Waals surface area contributed by atoms with E-state index in [0.717, 1.165) is 18.4 Å². The van der Waals surface area contributed by atoms with E-state index in [1.165, 1.54) is 24.0 Å². The second-order valence-corrected chi connectivity index (χ2v) is 6.74. The van der Waals surface area contributed by atoms with Crippen molar-refractivity contribution < 1.29 is 9.59 Å². The van der Waals surface area contributed by atoms with Crippen molar-refractivity contribution in [2.24, 2.45) is 0 Å². The lowest BCUT2D eigenvalue weighted by Gasteiger charge is -2.16. The molecule has 0 bridgehead atoms. The maximum Gasteiger partial charge on any atom is 0.224 e. The van der Waals surface area contributed by atoms with Gasteiger partial charge in [-0.3, -0.25) is 9.59 Å². The number of nitrogen functional groups attached to an aromatic ring is 1. The third-order valence-electron chi connectivity index (χ3n) is 4.79. The molecule has 0 saturated carbocycles.